The molecule has 3 amide bonds. The minimum Gasteiger partial charge on any atom is -0.464 e. The molecule has 9 rings (SSSR count). The summed E-state index contributed by atoms with van der Waals surface area (Å²) < 4.78 is 70.0. The smallest absolute Gasteiger partial charge is 0.355 e. The number of benzene rings is 3. The maximum Gasteiger partial charge on any atom is 0.355 e. The number of carbonyl (C=O) groups is 4. The summed E-state index contributed by atoms with van der Waals surface area (Å²) in [4.78, 5) is 63.4. The van der Waals surface area contributed by atoms with Gasteiger partial charge in [-0.05, 0) is 137 Å². The Bertz CT molecular complexity index is 2580. The predicted octanol–water partition coefficient (Wildman–Crippen LogP) is 10.1. The monoisotopic (exact) mass is 1000 g/mol. The molecule has 2 saturated carbocycles. The average Bonchev–Trinajstić information content (AvgIpc) is 3.60. The summed E-state index contributed by atoms with van der Waals surface area (Å²) in [5.41, 5.74) is 1.00. The van der Waals surface area contributed by atoms with E-state index in [0.717, 1.165) is 19.3 Å². The van der Waals surface area contributed by atoms with E-state index in [-0.39, 0.29) is 70.0 Å². The number of rotatable bonds is 17. The molecule has 2 N–H and O–H groups in total. The topological polar surface area (TPSA) is 138 Å². The number of nitrogens with zero attached hydrogens (tertiary/aromatic N) is 3. The van der Waals surface area contributed by atoms with E-state index < -0.39 is 55.8 Å². The van der Waals surface area contributed by atoms with E-state index in [1.807, 2.05) is 39.1 Å². The normalized spacial score (nSPS) is 26.9. The van der Waals surface area contributed by atoms with E-state index in [9.17, 15) is 32.5 Å². The predicted molar refractivity (Wildman–Crippen MR) is 264 cm³/mol. The highest BCUT2D eigenvalue weighted by molar-refractivity contribution is 7.57. The van der Waals surface area contributed by atoms with Crippen LogP contribution in [0.15, 0.2) is 84.9 Å². The Hall–Kier alpha value is -4.76. The van der Waals surface area contributed by atoms with Crippen LogP contribution in [0.3, 0.4) is 0 Å². The Morgan fingerprint density at radius 1 is 0.914 bits per heavy atom. The summed E-state index contributed by atoms with van der Waals surface area (Å²) >= 11 is 1.17. The van der Waals surface area contributed by atoms with Crippen LogP contribution in [0.25, 0.3) is 10.1 Å². The number of nitrogens with one attached hydrogen (secondary N) is 2. The lowest BCUT2D eigenvalue weighted by Gasteiger charge is -2.43. The molecule has 1 aromatic heterocycles. The van der Waals surface area contributed by atoms with Gasteiger partial charge in [0.05, 0.1) is 11.5 Å². The van der Waals surface area contributed by atoms with Crippen LogP contribution in [0, 0.1) is 17.8 Å². The fourth-order valence-corrected chi connectivity index (χ4v) is 14.2. The molecule has 0 radical (unpaired) electrons. The molecule has 4 heterocycles. The van der Waals surface area contributed by atoms with Crippen molar-refractivity contribution in [2.45, 2.75) is 139 Å². The van der Waals surface area contributed by atoms with Crippen LogP contribution in [0.2, 0.25) is 0 Å². The summed E-state index contributed by atoms with van der Waals surface area (Å²) in [7, 11) is -2.50. The first-order chi connectivity index (χ1) is 33.5. The van der Waals surface area contributed by atoms with E-state index in [1.54, 1.807) is 35.2 Å². The molecule has 376 valence electrons. The van der Waals surface area contributed by atoms with E-state index in [4.69, 9.17) is 9.26 Å². The zero-order chi connectivity index (χ0) is 49.5. The van der Waals surface area contributed by atoms with Crippen molar-refractivity contribution in [2.75, 3.05) is 26.7 Å². The van der Waals surface area contributed by atoms with Gasteiger partial charge in [0, 0.05) is 47.2 Å². The number of likely N-dealkylation sites (tertiary alicyclic amines) is 1. The van der Waals surface area contributed by atoms with Gasteiger partial charge < -0.3 is 29.3 Å². The first-order valence-electron chi connectivity index (χ1n) is 24.9. The molecule has 5 aliphatic rings. The SMILES string of the molecule is CC(C)COC(=O)[C@H](C)NP(=O)(Oc1ccccc1)[C@@H](F)c1ccc2sc(C(=O)N[C@H]3CC[C@H](N(C)CC4CC(C(F)F)C4)C[C@H]4CC[C@@H](C(=O)N5C[C@H](c6ccccc6)CC56CC6)N4C3=O)cc2c1. The molecule has 1 spiro atoms. The van der Waals surface area contributed by atoms with Gasteiger partial charge >= 0.3 is 13.5 Å². The summed E-state index contributed by atoms with van der Waals surface area (Å²) in [6, 6.07) is 21.6. The van der Waals surface area contributed by atoms with E-state index in [0.29, 0.717) is 68.1 Å². The lowest BCUT2D eigenvalue weighted by molar-refractivity contribution is -0.148. The van der Waals surface area contributed by atoms with Crippen LogP contribution in [-0.4, -0.2) is 107 Å². The lowest BCUT2D eigenvalue weighted by Crippen LogP contribution is -2.59. The third-order valence-corrected chi connectivity index (χ3v) is 18.6. The number of fused-ring (bicyclic) bond motifs is 2. The van der Waals surface area contributed by atoms with Gasteiger partial charge in [-0.3, -0.25) is 23.7 Å². The highest BCUT2D eigenvalue weighted by atomic mass is 32.1. The molecule has 0 bridgehead atoms. The molecular weight excluding hydrogens is 939 g/mol. The fraction of sp³-hybridized carbons (Fsp3) is 0.547. The first kappa shape index (κ1) is 50.2. The summed E-state index contributed by atoms with van der Waals surface area (Å²) in [5.74, 6) is -3.76. The number of para-hydroxylation sites is 1. The average molecular weight is 1000 g/mol. The van der Waals surface area contributed by atoms with Crippen molar-refractivity contribution < 1.29 is 46.2 Å². The Morgan fingerprint density at radius 3 is 2.31 bits per heavy atom. The number of alkyl halides is 3. The van der Waals surface area contributed by atoms with Gasteiger partial charge in [-0.25, -0.2) is 18.3 Å². The van der Waals surface area contributed by atoms with Crippen LogP contribution >= 0.6 is 18.9 Å². The maximum absolute atomic E-state index is 16.8. The number of carbonyl (C=O) groups excluding carboxylic acids is 4. The number of halogens is 3. The van der Waals surface area contributed by atoms with Gasteiger partial charge in [0.1, 0.15) is 23.9 Å². The molecule has 1 unspecified atom stereocenters. The summed E-state index contributed by atoms with van der Waals surface area (Å²) in [6.45, 7) is 6.57. The van der Waals surface area contributed by atoms with Gasteiger partial charge in [-0.2, -0.15) is 0 Å². The highest BCUT2D eigenvalue weighted by Crippen LogP contribution is 2.58. The van der Waals surface area contributed by atoms with Gasteiger partial charge in [0.2, 0.25) is 24.2 Å². The van der Waals surface area contributed by atoms with Crippen LogP contribution < -0.4 is 14.9 Å². The van der Waals surface area contributed by atoms with Crippen LogP contribution in [0.4, 0.5) is 13.2 Å². The van der Waals surface area contributed by atoms with Gasteiger partial charge in [-0.15, -0.1) is 11.3 Å². The fourth-order valence-electron chi connectivity index (χ4n) is 11.4. The van der Waals surface area contributed by atoms with Crippen molar-refractivity contribution in [3.63, 3.8) is 0 Å². The minimum absolute atomic E-state index is 0.000563. The van der Waals surface area contributed by atoms with E-state index in [2.05, 4.69) is 32.3 Å². The van der Waals surface area contributed by atoms with Gasteiger partial charge in [0.15, 0.2) is 0 Å². The highest BCUT2D eigenvalue weighted by Gasteiger charge is 2.59. The van der Waals surface area contributed by atoms with Gasteiger partial charge in [0.25, 0.3) is 5.91 Å². The van der Waals surface area contributed by atoms with Crippen LogP contribution in [-0.2, 0) is 23.7 Å². The van der Waals surface area contributed by atoms with E-state index in [1.165, 1.54) is 48.1 Å². The molecule has 12 nitrogen and oxygen atoms in total. The number of hydrogen-bond acceptors (Lipinski definition) is 9. The molecule has 8 atom stereocenters. The summed E-state index contributed by atoms with van der Waals surface area (Å²) in [5, 5.41) is 6.17. The molecule has 17 heteroatoms. The third kappa shape index (κ3) is 10.7. The van der Waals surface area contributed by atoms with Crippen LogP contribution in [0.1, 0.15) is 118 Å². The standard InChI is InChI=1S/C53H65F3N5O7PS/c1-32(2)31-67-52(65)33(3)58-69(66,68-42-13-9-6-10-14-42)48(56)36-15-20-45-37(25-36)26-46(70-45)49(62)57-43-18-16-40(59(4)29-34-23-38(24-34)47(54)55)27-41-17-19-44(61(41)50(43)63)51(64)60-30-39(28-53(60)21-22-53)35-11-7-5-8-12-35/h5-15,20,25-26,32-34,38-41,43-44,47-48H,16-19,21-24,27-31H2,1-4H3,(H,57,62)(H,58,66)/t33-,34?,38?,39+,40-,41+,43-,44-,48+,69?/m0/s1. The second-order valence-corrected chi connectivity index (χ2v) is 24.1. The quantitative estimate of drug-likeness (QED) is 0.0782. The Labute approximate surface area is 412 Å². The molecule has 4 aromatic rings. The molecule has 3 saturated heterocycles. The van der Waals surface area contributed by atoms with Crippen molar-refractivity contribution in [3.05, 3.63) is 101 Å². The molecule has 70 heavy (non-hydrogen) atoms. The van der Waals surface area contributed by atoms with Crippen LogP contribution in [0.5, 0.6) is 5.75 Å². The second-order valence-electron chi connectivity index (χ2n) is 21.0. The Kier molecular flexibility index (Phi) is 14.9. The molecular formula is C53H65F3N5O7PS. The number of hydrogen-bond donors (Lipinski definition) is 2. The van der Waals surface area contributed by atoms with Crippen molar-refractivity contribution >= 4 is 52.6 Å². The van der Waals surface area contributed by atoms with Crippen molar-refractivity contribution in [1.82, 2.24) is 25.1 Å². The molecule has 5 fully saturated rings. The maximum atomic E-state index is 16.8. The number of thiophene rings is 1. The number of amides is 3. The van der Waals surface area contributed by atoms with Gasteiger partial charge in [-0.1, -0.05) is 68.4 Å². The second kappa shape index (κ2) is 20.8. The Balaban J connectivity index is 0.946. The van der Waals surface area contributed by atoms with E-state index >= 15 is 4.39 Å². The number of esters is 1. The lowest BCUT2D eigenvalue weighted by atomic mass is 9.74. The molecule has 3 aromatic carbocycles. The minimum atomic E-state index is -4.51. The Morgan fingerprint density at radius 2 is 1.63 bits per heavy atom. The largest absolute Gasteiger partial charge is 0.464 e. The third-order valence-electron chi connectivity index (χ3n) is 15.4. The van der Waals surface area contributed by atoms with Crippen molar-refractivity contribution in [1.29, 1.82) is 0 Å². The van der Waals surface area contributed by atoms with Crippen molar-refractivity contribution in [3.8, 4) is 5.75 Å². The summed E-state index contributed by atoms with van der Waals surface area (Å²) in [6.07, 6.45) is 4.08. The van der Waals surface area contributed by atoms with Crippen molar-refractivity contribution in [2.24, 2.45) is 17.8 Å². The zero-order valence-electron chi connectivity index (χ0n) is 40.3. The number of ether oxygens (including phenoxy) is 1. The first-order valence-corrected chi connectivity index (χ1v) is 27.5. The molecule has 3 aliphatic heterocycles. The molecule has 2 aliphatic carbocycles. The zero-order valence-corrected chi connectivity index (χ0v) is 42.0.